The molecule has 2 rings (SSSR count). The zero-order valence-electron chi connectivity index (χ0n) is 12.2. The normalized spacial score (nSPS) is 18.4. The van der Waals surface area contributed by atoms with Crippen LogP contribution in [-0.4, -0.2) is 49.6 Å². The van der Waals surface area contributed by atoms with Crippen molar-refractivity contribution in [3.05, 3.63) is 30.1 Å². The molecule has 0 N–H and O–H groups in total. The van der Waals surface area contributed by atoms with Crippen LogP contribution in [0, 0.1) is 5.82 Å². The summed E-state index contributed by atoms with van der Waals surface area (Å²) in [5, 5.41) is 0. The summed E-state index contributed by atoms with van der Waals surface area (Å²) in [7, 11) is 1.70. The molecule has 1 aliphatic rings. The van der Waals surface area contributed by atoms with Crippen molar-refractivity contribution >= 4 is 17.6 Å². The van der Waals surface area contributed by atoms with Gasteiger partial charge in [0.05, 0.1) is 24.9 Å². The Hall–Kier alpha value is -1.95. The van der Waals surface area contributed by atoms with Crippen molar-refractivity contribution in [2.45, 2.75) is 19.4 Å². The van der Waals surface area contributed by atoms with E-state index in [1.165, 1.54) is 11.0 Å². The first-order valence-electron chi connectivity index (χ1n) is 6.96. The summed E-state index contributed by atoms with van der Waals surface area (Å²) in [6.45, 7) is 2.54. The number of ether oxygens (including phenoxy) is 1. The van der Waals surface area contributed by atoms with E-state index in [0.29, 0.717) is 19.6 Å². The molecule has 1 aliphatic heterocycles. The van der Waals surface area contributed by atoms with Crippen molar-refractivity contribution in [2.75, 3.05) is 31.6 Å². The van der Waals surface area contributed by atoms with Crippen LogP contribution < -0.4 is 4.90 Å². The molecular weight excluding hydrogens is 275 g/mol. The van der Waals surface area contributed by atoms with Crippen LogP contribution in [0.15, 0.2) is 24.3 Å². The molecule has 0 unspecified atom stereocenters. The molecule has 0 radical (unpaired) electrons. The lowest BCUT2D eigenvalue weighted by Gasteiger charge is -2.23. The molecule has 21 heavy (non-hydrogen) atoms. The molecule has 1 aromatic carbocycles. The van der Waals surface area contributed by atoms with Crippen LogP contribution in [0.2, 0.25) is 0 Å². The average Bonchev–Trinajstić information content (AvgIpc) is 2.81. The van der Waals surface area contributed by atoms with E-state index in [0.717, 1.165) is 0 Å². The van der Waals surface area contributed by atoms with Gasteiger partial charge in [-0.25, -0.2) is 4.39 Å². The minimum absolute atomic E-state index is 0.0510. The fourth-order valence-corrected chi connectivity index (χ4v) is 2.50. The zero-order valence-corrected chi connectivity index (χ0v) is 12.2. The highest BCUT2D eigenvalue weighted by Gasteiger charge is 2.36. The third-order valence-corrected chi connectivity index (χ3v) is 3.54. The maximum atomic E-state index is 13.8. The van der Waals surface area contributed by atoms with Crippen LogP contribution in [0.1, 0.15) is 13.3 Å². The SMILES string of the molecule is CCOC(=O)CN(C)[C@H]1CCN(c2ccccc2F)C1=O. The van der Waals surface area contributed by atoms with Crippen LogP contribution in [0.25, 0.3) is 0 Å². The third-order valence-electron chi connectivity index (χ3n) is 3.54. The summed E-state index contributed by atoms with van der Waals surface area (Å²) in [5.74, 6) is -0.969. The Morgan fingerprint density at radius 3 is 2.86 bits per heavy atom. The Labute approximate surface area is 123 Å². The van der Waals surface area contributed by atoms with Gasteiger partial charge in [0.1, 0.15) is 5.82 Å². The topological polar surface area (TPSA) is 49.9 Å². The van der Waals surface area contributed by atoms with Gasteiger partial charge in [0.25, 0.3) is 0 Å². The molecule has 1 amide bonds. The smallest absolute Gasteiger partial charge is 0.320 e. The number of para-hydroxylation sites is 1. The Morgan fingerprint density at radius 2 is 2.19 bits per heavy atom. The van der Waals surface area contributed by atoms with Crippen molar-refractivity contribution in [3.8, 4) is 0 Å². The van der Waals surface area contributed by atoms with Crippen molar-refractivity contribution in [3.63, 3.8) is 0 Å². The average molecular weight is 294 g/mol. The van der Waals surface area contributed by atoms with Gasteiger partial charge in [0.15, 0.2) is 0 Å². The van der Waals surface area contributed by atoms with Gasteiger partial charge < -0.3 is 9.64 Å². The van der Waals surface area contributed by atoms with E-state index in [-0.39, 0.29) is 24.1 Å². The van der Waals surface area contributed by atoms with E-state index in [1.807, 2.05) is 0 Å². The van der Waals surface area contributed by atoms with Crippen LogP contribution in [0.5, 0.6) is 0 Å². The number of benzene rings is 1. The number of esters is 1. The predicted octanol–water partition coefficient (Wildman–Crippen LogP) is 1.43. The summed E-state index contributed by atoms with van der Waals surface area (Å²) in [6.07, 6.45) is 0.559. The number of anilines is 1. The van der Waals surface area contributed by atoms with Gasteiger partial charge in [-0.05, 0) is 32.5 Å². The lowest BCUT2D eigenvalue weighted by Crippen LogP contribution is -2.42. The molecule has 1 saturated heterocycles. The molecule has 0 spiro atoms. The minimum Gasteiger partial charge on any atom is -0.465 e. The standard InChI is InChI=1S/C15H19FN2O3/c1-3-21-14(19)10-17(2)13-8-9-18(15(13)20)12-7-5-4-6-11(12)16/h4-7,13H,3,8-10H2,1-2H3/t13-/m0/s1. The summed E-state index contributed by atoms with van der Waals surface area (Å²) in [5.41, 5.74) is 0.287. The number of amides is 1. The van der Waals surface area contributed by atoms with Crippen molar-refractivity contribution < 1.29 is 18.7 Å². The Bertz CT molecular complexity index is 535. The number of nitrogens with zero attached hydrogens (tertiary/aromatic N) is 2. The highest BCUT2D eigenvalue weighted by atomic mass is 19.1. The highest BCUT2D eigenvalue weighted by molar-refractivity contribution is 5.99. The fourth-order valence-electron chi connectivity index (χ4n) is 2.50. The molecule has 1 heterocycles. The van der Waals surface area contributed by atoms with Gasteiger partial charge in [-0.2, -0.15) is 0 Å². The Kier molecular flexibility index (Phi) is 4.90. The predicted molar refractivity (Wildman–Crippen MR) is 76.4 cm³/mol. The fraction of sp³-hybridized carbons (Fsp3) is 0.467. The van der Waals surface area contributed by atoms with Crippen LogP contribution >= 0.6 is 0 Å². The number of likely N-dealkylation sites (N-methyl/N-ethyl adjacent to an activating group) is 1. The molecule has 6 heteroatoms. The van der Waals surface area contributed by atoms with E-state index in [2.05, 4.69) is 0 Å². The van der Waals surface area contributed by atoms with Crippen molar-refractivity contribution in [2.24, 2.45) is 0 Å². The Balaban J connectivity index is 2.05. The van der Waals surface area contributed by atoms with E-state index >= 15 is 0 Å². The molecule has 0 bridgehead atoms. The molecule has 0 aliphatic carbocycles. The summed E-state index contributed by atoms with van der Waals surface area (Å²) >= 11 is 0. The van der Waals surface area contributed by atoms with Gasteiger partial charge in [-0.3, -0.25) is 14.5 Å². The second kappa shape index (κ2) is 6.67. The molecule has 5 nitrogen and oxygen atoms in total. The maximum absolute atomic E-state index is 13.8. The number of carbonyl (C=O) groups excluding carboxylic acids is 2. The van der Waals surface area contributed by atoms with Crippen molar-refractivity contribution in [1.29, 1.82) is 0 Å². The third kappa shape index (κ3) is 3.39. The molecule has 1 atom stereocenters. The molecule has 0 aromatic heterocycles. The molecular formula is C15H19FN2O3. The summed E-state index contributed by atoms with van der Waals surface area (Å²) < 4.78 is 18.6. The van der Waals surface area contributed by atoms with Crippen LogP contribution in [0.3, 0.4) is 0 Å². The van der Waals surface area contributed by atoms with E-state index < -0.39 is 11.9 Å². The van der Waals surface area contributed by atoms with Crippen LogP contribution in [0.4, 0.5) is 10.1 Å². The maximum Gasteiger partial charge on any atom is 0.320 e. The lowest BCUT2D eigenvalue weighted by molar-refractivity contribution is -0.144. The largest absolute Gasteiger partial charge is 0.465 e. The van der Waals surface area contributed by atoms with Gasteiger partial charge in [-0.15, -0.1) is 0 Å². The van der Waals surface area contributed by atoms with E-state index in [4.69, 9.17) is 4.74 Å². The number of halogens is 1. The first-order chi connectivity index (χ1) is 10.0. The quantitative estimate of drug-likeness (QED) is 0.771. The first kappa shape index (κ1) is 15.4. The molecule has 114 valence electrons. The zero-order chi connectivity index (χ0) is 15.4. The highest BCUT2D eigenvalue weighted by Crippen LogP contribution is 2.26. The number of rotatable bonds is 5. The second-order valence-corrected chi connectivity index (χ2v) is 4.97. The molecule has 1 fully saturated rings. The summed E-state index contributed by atoms with van der Waals surface area (Å²) in [6, 6.07) is 5.78. The lowest BCUT2D eigenvalue weighted by atomic mass is 10.2. The monoisotopic (exact) mass is 294 g/mol. The number of hydrogen-bond donors (Lipinski definition) is 0. The van der Waals surface area contributed by atoms with Gasteiger partial charge in [-0.1, -0.05) is 12.1 Å². The Morgan fingerprint density at radius 1 is 1.48 bits per heavy atom. The minimum atomic E-state index is -0.422. The molecule has 0 saturated carbocycles. The first-order valence-corrected chi connectivity index (χ1v) is 6.96. The van der Waals surface area contributed by atoms with Crippen LogP contribution in [-0.2, 0) is 14.3 Å². The summed E-state index contributed by atoms with van der Waals surface area (Å²) in [4.78, 5) is 27.0. The number of carbonyl (C=O) groups is 2. The van der Waals surface area contributed by atoms with E-state index in [9.17, 15) is 14.0 Å². The van der Waals surface area contributed by atoms with Crippen molar-refractivity contribution in [1.82, 2.24) is 4.90 Å². The van der Waals surface area contributed by atoms with E-state index in [1.54, 1.807) is 37.1 Å². The molecule has 1 aromatic rings. The number of hydrogen-bond acceptors (Lipinski definition) is 4. The van der Waals surface area contributed by atoms with Gasteiger partial charge in [0.2, 0.25) is 5.91 Å². The van der Waals surface area contributed by atoms with Gasteiger partial charge in [0, 0.05) is 6.54 Å². The van der Waals surface area contributed by atoms with Gasteiger partial charge >= 0.3 is 5.97 Å². The second-order valence-electron chi connectivity index (χ2n) is 4.97.